The Balaban J connectivity index is 2.19. The third kappa shape index (κ3) is 1.29. The second-order valence-corrected chi connectivity index (χ2v) is 5.14. The van der Waals surface area contributed by atoms with Crippen molar-refractivity contribution in [2.24, 2.45) is 11.8 Å². The average Bonchev–Trinajstić information content (AvgIpc) is 2.77. The SMILES string of the molecule is CCOC(=O)[C@@]1(SC)C[C@H]2C=C[C@@H]1C2. The summed E-state index contributed by atoms with van der Waals surface area (Å²) in [6.07, 6.45) is 8.57. The molecule has 0 aromatic heterocycles. The molecule has 1 saturated carbocycles. The highest BCUT2D eigenvalue weighted by molar-refractivity contribution is 8.00. The van der Waals surface area contributed by atoms with Gasteiger partial charge in [-0.25, -0.2) is 0 Å². The third-order valence-electron chi connectivity index (χ3n) is 3.32. The van der Waals surface area contributed by atoms with Crippen molar-refractivity contribution in [3.63, 3.8) is 0 Å². The monoisotopic (exact) mass is 212 g/mol. The molecule has 0 heterocycles. The van der Waals surface area contributed by atoms with Crippen LogP contribution in [0.15, 0.2) is 12.2 Å². The van der Waals surface area contributed by atoms with Crippen LogP contribution >= 0.6 is 11.8 Å². The van der Waals surface area contributed by atoms with Crippen LogP contribution in [0.5, 0.6) is 0 Å². The summed E-state index contributed by atoms with van der Waals surface area (Å²) < 4.78 is 4.91. The van der Waals surface area contributed by atoms with Gasteiger partial charge in [0.2, 0.25) is 0 Å². The van der Waals surface area contributed by atoms with Gasteiger partial charge >= 0.3 is 5.97 Å². The molecular weight excluding hydrogens is 196 g/mol. The number of fused-ring (bicyclic) bond motifs is 2. The minimum atomic E-state index is -0.268. The van der Waals surface area contributed by atoms with E-state index in [0.29, 0.717) is 18.4 Å². The first-order chi connectivity index (χ1) is 6.73. The molecule has 2 aliphatic carbocycles. The Labute approximate surface area is 89.1 Å². The highest BCUT2D eigenvalue weighted by atomic mass is 32.2. The number of rotatable bonds is 3. The molecule has 2 aliphatic rings. The molecular formula is C11H16O2S. The Kier molecular flexibility index (Phi) is 2.60. The Morgan fingerprint density at radius 2 is 2.43 bits per heavy atom. The van der Waals surface area contributed by atoms with Gasteiger partial charge in [0.15, 0.2) is 0 Å². The van der Waals surface area contributed by atoms with Crippen molar-refractivity contribution in [3.8, 4) is 0 Å². The molecule has 3 heteroatoms. The summed E-state index contributed by atoms with van der Waals surface area (Å²) >= 11 is 1.67. The van der Waals surface area contributed by atoms with Gasteiger partial charge in [-0.1, -0.05) is 12.2 Å². The molecule has 0 radical (unpaired) electrons. The molecule has 0 unspecified atom stereocenters. The molecule has 2 rings (SSSR count). The largest absolute Gasteiger partial charge is 0.465 e. The molecule has 78 valence electrons. The summed E-state index contributed by atoms with van der Waals surface area (Å²) in [4.78, 5) is 11.9. The maximum Gasteiger partial charge on any atom is 0.322 e. The van der Waals surface area contributed by atoms with E-state index in [2.05, 4.69) is 12.2 Å². The second kappa shape index (κ2) is 3.61. The zero-order valence-corrected chi connectivity index (χ0v) is 9.47. The van der Waals surface area contributed by atoms with E-state index < -0.39 is 0 Å². The van der Waals surface area contributed by atoms with E-state index in [1.165, 1.54) is 0 Å². The molecule has 0 N–H and O–H groups in total. The van der Waals surface area contributed by atoms with Gasteiger partial charge in [-0.3, -0.25) is 4.79 Å². The first-order valence-electron chi connectivity index (χ1n) is 5.13. The fourth-order valence-corrected chi connectivity index (χ4v) is 3.70. The summed E-state index contributed by atoms with van der Waals surface area (Å²) in [5.74, 6) is 1.00. The molecule has 0 aromatic rings. The molecule has 0 saturated heterocycles. The minimum absolute atomic E-state index is 0.00986. The Morgan fingerprint density at radius 3 is 2.86 bits per heavy atom. The second-order valence-electron chi connectivity index (χ2n) is 4.01. The molecule has 2 bridgehead atoms. The number of carbonyl (C=O) groups excluding carboxylic acids is 1. The van der Waals surface area contributed by atoms with E-state index in [1.54, 1.807) is 11.8 Å². The Morgan fingerprint density at radius 1 is 1.64 bits per heavy atom. The van der Waals surface area contributed by atoms with Crippen LogP contribution in [-0.2, 0) is 9.53 Å². The quantitative estimate of drug-likeness (QED) is 0.530. The lowest BCUT2D eigenvalue weighted by molar-refractivity contribution is -0.146. The number of esters is 1. The van der Waals surface area contributed by atoms with Crippen molar-refractivity contribution in [1.29, 1.82) is 0 Å². The third-order valence-corrected chi connectivity index (χ3v) is 4.69. The number of allylic oxidation sites excluding steroid dienone is 2. The van der Waals surface area contributed by atoms with Gasteiger partial charge < -0.3 is 4.74 Å². The predicted molar refractivity (Wildman–Crippen MR) is 58.2 cm³/mol. The lowest BCUT2D eigenvalue weighted by atomic mass is 9.92. The van der Waals surface area contributed by atoms with Crippen LogP contribution in [0.3, 0.4) is 0 Å². The van der Waals surface area contributed by atoms with Crippen LogP contribution in [0.2, 0.25) is 0 Å². The number of thioether (sulfide) groups is 1. The molecule has 3 atom stereocenters. The predicted octanol–water partition coefficient (Wildman–Crippen LogP) is 2.25. The first-order valence-corrected chi connectivity index (χ1v) is 6.36. The van der Waals surface area contributed by atoms with Gasteiger partial charge in [0, 0.05) is 5.92 Å². The zero-order chi connectivity index (χ0) is 10.2. The van der Waals surface area contributed by atoms with Gasteiger partial charge in [-0.15, -0.1) is 11.8 Å². The lowest BCUT2D eigenvalue weighted by Crippen LogP contribution is -2.40. The van der Waals surface area contributed by atoms with Crippen LogP contribution in [0.4, 0.5) is 0 Å². The summed E-state index contributed by atoms with van der Waals surface area (Å²) in [5, 5.41) is 0. The summed E-state index contributed by atoms with van der Waals surface area (Å²) in [5.41, 5.74) is 0. The normalized spacial score (nSPS) is 39.0. The molecule has 2 nitrogen and oxygen atoms in total. The van der Waals surface area contributed by atoms with Crippen LogP contribution in [0.25, 0.3) is 0 Å². The number of carbonyl (C=O) groups is 1. The van der Waals surface area contributed by atoms with Gasteiger partial charge in [0.05, 0.1) is 6.61 Å². The molecule has 1 fully saturated rings. The maximum atomic E-state index is 11.9. The van der Waals surface area contributed by atoms with Gasteiger partial charge in [0.1, 0.15) is 4.75 Å². The molecule has 0 amide bonds. The smallest absolute Gasteiger partial charge is 0.322 e. The summed E-state index contributed by atoms with van der Waals surface area (Å²) in [7, 11) is 0. The fraction of sp³-hybridized carbons (Fsp3) is 0.727. The molecule has 0 aromatic carbocycles. The van der Waals surface area contributed by atoms with Crippen molar-refractivity contribution >= 4 is 17.7 Å². The lowest BCUT2D eigenvalue weighted by Gasteiger charge is -2.30. The molecule has 0 spiro atoms. The van der Waals surface area contributed by atoms with Gasteiger partial charge in [0.25, 0.3) is 0 Å². The highest BCUT2D eigenvalue weighted by Gasteiger charge is 2.54. The van der Waals surface area contributed by atoms with Crippen molar-refractivity contribution in [3.05, 3.63) is 12.2 Å². The number of hydrogen-bond acceptors (Lipinski definition) is 3. The average molecular weight is 212 g/mol. The van der Waals surface area contributed by atoms with E-state index in [-0.39, 0.29) is 10.7 Å². The Hall–Kier alpha value is -0.440. The first kappa shape index (κ1) is 10.1. The van der Waals surface area contributed by atoms with Crippen LogP contribution in [-0.4, -0.2) is 23.6 Å². The minimum Gasteiger partial charge on any atom is -0.465 e. The summed E-state index contributed by atoms with van der Waals surface area (Å²) in [6, 6.07) is 0. The van der Waals surface area contributed by atoms with Gasteiger partial charge in [-0.2, -0.15) is 0 Å². The van der Waals surface area contributed by atoms with Crippen LogP contribution in [0, 0.1) is 11.8 Å². The summed E-state index contributed by atoms with van der Waals surface area (Å²) in [6.45, 7) is 2.36. The van der Waals surface area contributed by atoms with E-state index in [0.717, 1.165) is 12.8 Å². The number of hydrogen-bond donors (Lipinski definition) is 0. The van der Waals surface area contributed by atoms with Crippen molar-refractivity contribution in [2.75, 3.05) is 12.9 Å². The Bertz CT molecular complexity index is 274. The van der Waals surface area contributed by atoms with Crippen LogP contribution in [0.1, 0.15) is 19.8 Å². The maximum absolute atomic E-state index is 11.9. The van der Waals surface area contributed by atoms with Gasteiger partial charge in [-0.05, 0) is 31.9 Å². The van der Waals surface area contributed by atoms with Crippen LogP contribution < -0.4 is 0 Å². The molecule has 14 heavy (non-hydrogen) atoms. The highest BCUT2D eigenvalue weighted by Crippen LogP contribution is 2.53. The topological polar surface area (TPSA) is 26.3 Å². The standard InChI is InChI=1S/C11H16O2S/c1-3-13-10(12)11(14-2)7-8-4-5-9(11)6-8/h4-5,8-9H,3,6-7H2,1-2H3/t8-,9+,11+/m0/s1. The van der Waals surface area contributed by atoms with Crippen molar-refractivity contribution < 1.29 is 9.53 Å². The zero-order valence-electron chi connectivity index (χ0n) is 8.66. The van der Waals surface area contributed by atoms with E-state index in [1.807, 2.05) is 13.2 Å². The number of ether oxygens (including phenoxy) is 1. The fourth-order valence-electron chi connectivity index (χ4n) is 2.62. The van der Waals surface area contributed by atoms with E-state index in [9.17, 15) is 4.79 Å². The molecule has 0 aliphatic heterocycles. The van der Waals surface area contributed by atoms with E-state index >= 15 is 0 Å². The van der Waals surface area contributed by atoms with Crippen molar-refractivity contribution in [2.45, 2.75) is 24.5 Å². The van der Waals surface area contributed by atoms with E-state index in [4.69, 9.17) is 4.74 Å². The van der Waals surface area contributed by atoms with Crippen molar-refractivity contribution in [1.82, 2.24) is 0 Å².